The van der Waals surface area contributed by atoms with E-state index in [9.17, 15) is 4.79 Å². The smallest absolute Gasteiger partial charge is 0.326 e. The van der Waals surface area contributed by atoms with Gasteiger partial charge < -0.3 is 14.8 Å². The molecule has 1 aliphatic carbocycles. The summed E-state index contributed by atoms with van der Waals surface area (Å²) in [7, 11) is 1.72. The number of carbonyl (C=O) groups excluding carboxylic acids is 1. The fourth-order valence-electron chi connectivity index (χ4n) is 3.06. The highest BCUT2D eigenvalue weighted by molar-refractivity contribution is 5.83. The molecule has 0 spiro atoms. The summed E-state index contributed by atoms with van der Waals surface area (Å²) >= 11 is 0. The van der Waals surface area contributed by atoms with E-state index in [1.165, 1.54) is 0 Å². The summed E-state index contributed by atoms with van der Waals surface area (Å²) in [6, 6.07) is 0. The van der Waals surface area contributed by atoms with Gasteiger partial charge in [-0.05, 0) is 38.1 Å². The molecule has 15 heavy (non-hydrogen) atoms. The van der Waals surface area contributed by atoms with Crippen LogP contribution < -0.4 is 5.32 Å². The summed E-state index contributed by atoms with van der Waals surface area (Å²) < 4.78 is 10.3. The molecule has 3 fully saturated rings. The third-order valence-corrected chi connectivity index (χ3v) is 3.59. The van der Waals surface area contributed by atoms with Crippen molar-refractivity contribution in [3.05, 3.63) is 0 Å². The lowest BCUT2D eigenvalue weighted by molar-refractivity contribution is -0.173. The monoisotopic (exact) mass is 213 g/mol. The van der Waals surface area contributed by atoms with Crippen LogP contribution in [0.4, 0.5) is 0 Å². The first-order valence-corrected chi connectivity index (χ1v) is 5.58. The quantitative estimate of drug-likeness (QED) is 0.699. The molecule has 3 rings (SSSR count). The summed E-state index contributed by atoms with van der Waals surface area (Å²) in [5.41, 5.74) is -0.167. The van der Waals surface area contributed by atoms with Crippen LogP contribution in [0.15, 0.2) is 0 Å². The molecule has 3 aliphatic rings. The highest BCUT2D eigenvalue weighted by atomic mass is 16.5. The van der Waals surface area contributed by atoms with Gasteiger partial charge in [-0.15, -0.1) is 0 Å². The maximum Gasteiger partial charge on any atom is 0.326 e. The number of rotatable bonds is 4. The zero-order valence-corrected chi connectivity index (χ0v) is 9.47. The van der Waals surface area contributed by atoms with Crippen molar-refractivity contribution >= 4 is 5.97 Å². The molecule has 86 valence electrons. The molecule has 0 unspecified atom stereocenters. The van der Waals surface area contributed by atoms with Crippen LogP contribution in [0.25, 0.3) is 0 Å². The molecule has 4 nitrogen and oxygen atoms in total. The van der Waals surface area contributed by atoms with E-state index in [0.29, 0.717) is 6.61 Å². The lowest BCUT2D eigenvalue weighted by Crippen LogP contribution is -2.71. The lowest BCUT2D eigenvalue weighted by Gasteiger charge is -2.58. The predicted octanol–water partition coefficient (Wildman–Crippen LogP) is 0.708. The highest BCUT2D eigenvalue weighted by Gasteiger charge is 2.61. The second kappa shape index (κ2) is 3.76. The van der Waals surface area contributed by atoms with Gasteiger partial charge >= 0.3 is 5.97 Å². The summed E-state index contributed by atoms with van der Waals surface area (Å²) in [6.45, 7) is 3.95. The van der Waals surface area contributed by atoms with Gasteiger partial charge in [0.25, 0.3) is 0 Å². The van der Waals surface area contributed by atoms with Crippen LogP contribution in [0.1, 0.15) is 26.2 Å². The van der Waals surface area contributed by atoms with E-state index in [0.717, 1.165) is 32.4 Å². The first kappa shape index (κ1) is 10.9. The van der Waals surface area contributed by atoms with Crippen LogP contribution in [0.3, 0.4) is 0 Å². The van der Waals surface area contributed by atoms with Crippen LogP contribution in [0.5, 0.6) is 0 Å². The number of ether oxygens (including phenoxy) is 2. The Morgan fingerprint density at radius 3 is 2.80 bits per heavy atom. The van der Waals surface area contributed by atoms with E-state index in [2.05, 4.69) is 5.32 Å². The number of nitrogens with one attached hydrogen (secondary N) is 1. The minimum atomic E-state index is -0.396. The predicted molar refractivity (Wildman–Crippen MR) is 55.5 cm³/mol. The number of fused-ring (bicyclic) bond motifs is 2. The lowest BCUT2D eigenvalue weighted by atomic mass is 9.53. The van der Waals surface area contributed by atoms with Crippen molar-refractivity contribution < 1.29 is 14.3 Å². The Bertz CT molecular complexity index is 255. The van der Waals surface area contributed by atoms with Gasteiger partial charge in [-0.1, -0.05) is 0 Å². The number of hydrogen-bond donors (Lipinski definition) is 1. The fourth-order valence-corrected chi connectivity index (χ4v) is 3.06. The Balaban J connectivity index is 2.00. The summed E-state index contributed by atoms with van der Waals surface area (Å²) in [5, 5.41) is 3.30. The Morgan fingerprint density at radius 2 is 2.20 bits per heavy atom. The zero-order chi connectivity index (χ0) is 10.9. The normalized spacial score (nSPS) is 38.3. The van der Waals surface area contributed by atoms with Crippen LogP contribution in [0.2, 0.25) is 0 Å². The van der Waals surface area contributed by atoms with Gasteiger partial charge in [0.2, 0.25) is 0 Å². The molecule has 4 heteroatoms. The molecule has 1 saturated carbocycles. The highest BCUT2D eigenvalue weighted by Crippen LogP contribution is 2.54. The summed E-state index contributed by atoms with van der Waals surface area (Å²) in [5.74, 6) is -0.0866. The molecule has 0 atom stereocenters. The Morgan fingerprint density at radius 1 is 1.47 bits per heavy atom. The first-order chi connectivity index (χ1) is 7.16. The minimum Gasteiger partial charge on any atom is -0.465 e. The second-order valence-corrected chi connectivity index (χ2v) is 4.77. The van der Waals surface area contributed by atoms with Crippen molar-refractivity contribution in [1.29, 1.82) is 0 Å². The average Bonchev–Trinajstić information content (AvgIpc) is 2.17. The Labute approximate surface area is 90.3 Å². The van der Waals surface area contributed by atoms with Crippen molar-refractivity contribution in [2.24, 2.45) is 5.41 Å². The molecule has 0 radical (unpaired) electrons. The van der Waals surface area contributed by atoms with Crippen molar-refractivity contribution in [3.8, 4) is 0 Å². The first-order valence-electron chi connectivity index (χ1n) is 5.58. The van der Waals surface area contributed by atoms with Gasteiger partial charge in [0.05, 0.1) is 13.2 Å². The molecule has 0 aromatic carbocycles. The molecule has 1 N–H and O–H groups in total. The van der Waals surface area contributed by atoms with Crippen LogP contribution >= 0.6 is 0 Å². The van der Waals surface area contributed by atoms with Gasteiger partial charge in [0.15, 0.2) is 0 Å². The van der Waals surface area contributed by atoms with E-state index < -0.39 is 5.54 Å². The van der Waals surface area contributed by atoms with Gasteiger partial charge in [0, 0.05) is 7.11 Å². The molecule has 0 aromatic heterocycles. The minimum absolute atomic E-state index is 0.0866. The van der Waals surface area contributed by atoms with Crippen molar-refractivity contribution in [3.63, 3.8) is 0 Å². The average molecular weight is 213 g/mol. The maximum absolute atomic E-state index is 11.8. The summed E-state index contributed by atoms with van der Waals surface area (Å²) in [6.07, 6.45) is 2.83. The molecule has 2 aliphatic heterocycles. The number of piperidine rings is 2. The van der Waals surface area contributed by atoms with E-state index in [-0.39, 0.29) is 11.4 Å². The molecule has 2 saturated heterocycles. The van der Waals surface area contributed by atoms with E-state index in [1.807, 2.05) is 6.92 Å². The third-order valence-electron chi connectivity index (χ3n) is 3.59. The van der Waals surface area contributed by atoms with E-state index in [1.54, 1.807) is 7.11 Å². The molecule has 2 bridgehead atoms. The van der Waals surface area contributed by atoms with Gasteiger partial charge in [0.1, 0.15) is 5.54 Å². The molecule has 0 amide bonds. The van der Waals surface area contributed by atoms with Gasteiger partial charge in [-0.2, -0.15) is 0 Å². The van der Waals surface area contributed by atoms with Gasteiger partial charge in [-0.25, -0.2) is 0 Å². The van der Waals surface area contributed by atoms with Crippen molar-refractivity contribution in [2.45, 2.75) is 31.7 Å². The maximum atomic E-state index is 11.8. The van der Waals surface area contributed by atoms with Crippen LogP contribution in [0, 0.1) is 5.41 Å². The topological polar surface area (TPSA) is 47.6 Å². The van der Waals surface area contributed by atoms with Crippen LogP contribution in [-0.4, -0.2) is 38.4 Å². The zero-order valence-electron chi connectivity index (χ0n) is 9.47. The van der Waals surface area contributed by atoms with Crippen LogP contribution in [-0.2, 0) is 14.3 Å². The van der Waals surface area contributed by atoms with E-state index >= 15 is 0 Å². The second-order valence-electron chi connectivity index (χ2n) is 4.77. The van der Waals surface area contributed by atoms with Crippen molar-refractivity contribution in [2.75, 3.05) is 26.9 Å². The van der Waals surface area contributed by atoms with Gasteiger partial charge in [-0.3, -0.25) is 4.79 Å². The number of esters is 1. The SMILES string of the molecule is CCOC(=O)C12CC(COC)(CCN1)C2. The molecular formula is C11H19NO3. The molecule has 0 aromatic rings. The molecular weight excluding hydrogens is 194 g/mol. The standard InChI is InChI=1S/C11H19NO3/c1-3-15-9(13)11-6-10(7-11,8-14-2)4-5-12-11/h12H,3-8H2,1-2H3. The Hall–Kier alpha value is -0.610. The number of hydrogen-bond acceptors (Lipinski definition) is 4. The third kappa shape index (κ3) is 1.66. The van der Waals surface area contributed by atoms with E-state index in [4.69, 9.17) is 9.47 Å². The summed E-state index contributed by atoms with van der Waals surface area (Å²) in [4.78, 5) is 11.8. The Kier molecular flexibility index (Phi) is 2.73. The fraction of sp³-hybridized carbons (Fsp3) is 0.909. The van der Waals surface area contributed by atoms with Crippen molar-refractivity contribution in [1.82, 2.24) is 5.32 Å². The number of carbonyl (C=O) groups is 1. The molecule has 2 heterocycles. The number of methoxy groups -OCH3 is 1. The largest absolute Gasteiger partial charge is 0.465 e.